The van der Waals surface area contributed by atoms with Crippen LogP contribution in [0.1, 0.15) is 37.9 Å². The Morgan fingerprint density at radius 1 is 1.53 bits per heavy atom. The lowest BCUT2D eigenvalue weighted by molar-refractivity contribution is -0.119. The van der Waals surface area contributed by atoms with Crippen molar-refractivity contribution >= 4 is 5.91 Å². The predicted octanol–water partition coefficient (Wildman–Crippen LogP) is 1.32. The first kappa shape index (κ1) is 12.0. The van der Waals surface area contributed by atoms with Crippen molar-refractivity contribution in [2.45, 2.75) is 38.8 Å². The van der Waals surface area contributed by atoms with Gasteiger partial charge in [0.05, 0.1) is 11.2 Å². The molecule has 0 bridgehead atoms. The summed E-state index contributed by atoms with van der Waals surface area (Å²) >= 11 is 0. The Bertz CT molecular complexity index is 413. The van der Waals surface area contributed by atoms with E-state index >= 15 is 0 Å². The first-order valence-corrected chi connectivity index (χ1v) is 6.11. The van der Waals surface area contributed by atoms with Gasteiger partial charge in [0.2, 0.25) is 5.91 Å². The van der Waals surface area contributed by atoms with Crippen LogP contribution < -0.4 is 10.6 Å². The number of carbonyl (C=O) groups is 1. The molecule has 17 heavy (non-hydrogen) atoms. The van der Waals surface area contributed by atoms with Crippen LogP contribution in [0.3, 0.4) is 0 Å². The van der Waals surface area contributed by atoms with Crippen molar-refractivity contribution in [1.29, 1.82) is 0 Å². The van der Waals surface area contributed by atoms with Crippen molar-refractivity contribution in [2.24, 2.45) is 0 Å². The van der Waals surface area contributed by atoms with Crippen molar-refractivity contribution in [3.05, 3.63) is 29.6 Å². The number of pyridine rings is 1. The molecule has 1 heterocycles. The summed E-state index contributed by atoms with van der Waals surface area (Å²) < 4.78 is 0. The van der Waals surface area contributed by atoms with Crippen LogP contribution in [-0.2, 0) is 16.9 Å². The Morgan fingerprint density at radius 2 is 2.29 bits per heavy atom. The van der Waals surface area contributed by atoms with Crippen molar-refractivity contribution in [2.75, 3.05) is 6.54 Å². The zero-order valence-corrected chi connectivity index (χ0v) is 10.4. The number of rotatable bonds is 5. The smallest absolute Gasteiger partial charge is 0.217 e. The Hall–Kier alpha value is -1.42. The van der Waals surface area contributed by atoms with Gasteiger partial charge in [0.25, 0.3) is 0 Å². The summed E-state index contributed by atoms with van der Waals surface area (Å²) in [5.74, 6) is -0.00354. The largest absolute Gasteiger partial charge is 0.352 e. The predicted molar refractivity (Wildman–Crippen MR) is 66.3 cm³/mol. The normalized spacial score (nSPS) is 16.6. The lowest BCUT2D eigenvalue weighted by Gasteiger charge is -2.16. The van der Waals surface area contributed by atoms with Crippen LogP contribution >= 0.6 is 0 Å². The summed E-state index contributed by atoms with van der Waals surface area (Å²) in [6.45, 7) is 5.18. The minimum atomic E-state index is -0.00354. The molecule has 1 aliphatic carbocycles. The van der Waals surface area contributed by atoms with E-state index in [1.54, 1.807) is 0 Å². The maximum atomic E-state index is 10.9. The molecular weight excluding hydrogens is 214 g/mol. The van der Waals surface area contributed by atoms with E-state index in [1.807, 2.05) is 12.3 Å². The van der Waals surface area contributed by atoms with Gasteiger partial charge in [0.15, 0.2) is 0 Å². The van der Waals surface area contributed by atoms with Crippen LogP contribution in [0.15, 0.2) is 18.3 Å². The molecule has 1 fully saturated rings. The quantitative estimate of drug-likeness (QED) is 0.806. The van der Waals surface area contributed by atoms with E-state index in [9.17, 15) is 4.79 Å². The van der Waals surface area contributed by atoms with Gasteiger partial charge < -0.3 is 10.6 Å². The Kier molecular flexibility index (Phi) is 3.43. The highest BCUT2D eigenvalue weighted by atomic mass is 16.1. The Morgan fingerprint density at radius 3 is 2.88 bits per heavy atom. The van der Waals surface area contributed by atoms with Gasteiger partial charge in [-0.3, -0.25) is 9.78 Å². The molecule has 1 amide bonds. The molecule has 0 unspecified atom stereocenters. The topological polar surface area (TPSA) is 54.0 Å². The number of carbonyl (C=O) groups excluding carboxylic acids is 1. The van der Waals surface area contributed by atoms with Crippen LogP contribution in [0.4, 0.5) is 0 Å². The van der Waals surface area contributed by atoms with Gasteiger partial charge in [-0.25, -0.2) is 0 Å². The van der Waals surface area contributed by atoms with Gasteiger partial charge in [0.1, 0.15) is 0 Å². The van der Waals surface area contributed by atoms with E-state index < -0.39 is 0 Å². The van der Waals surface area contributed by atoms with Gasteiger partial charge in [-0.05, 0) is 37.1 Å². The summed E-state index contributed by atoms with van der Waals surface area (Å²) in [6, 6.07) is 4.03. The molecule has 1 aliphatic rings. The van der Waals surface area contributed by atoms with Crippen molar-refractivity contribution < 1.29 is 4.79 Å². The standard InChI is InChI=1S/C13H19N3O/c1-3-16-13(5-6-13)12-8-11(4-7-14-12)9-15-10(2)17/h4,7-8,16H,3,5-6,9H2,1-2H3,(H,15,17). The Balaban J connectivity index is 2.09. The van der Waals surface area contributed by atoms with E-state index in [1.165, 1.54) is 6.92 Å². The molecule has 0 atom stereocenters. The van der Waals surface area contributed by atoms with Crippen LogP contribution in [0.2, 0.25) is 0 Å². The van der Waals surface area contributed by atoms with E-state index in [-0.39, 0.29) is 11.4 Å². The third-order valence-electron chi connectivity index (χ3n) is 3.12. The zero-order valence-electron chi connectivity index (χ0n) is 10.4. The lowest BCUT2D eigenvalue weighted by Crippen LogP contribution is -2.29. The lowest BCUT2D eigenvalue weighted by atomic mass is 10.1. The van der Waals surface area contributed by atoms with E-state index in [4.69, 9.17) is 0 Å². The molecule has 0 spiro atoms. The minimum absolute atomic E-state index is 0.00354. The minimum Gasteiger partial charge on any atom is -0.352 e. The van der Waals surface area contributed by atoms with Crippen molar-refractivity contribution in [3.8, 4) is 0 Å². The van der Waals surface area contributed by atoms with Gasteiger partial charge in [-0.2, -0.15) is 0 Å². The molecule has 0 radical (unpaired) electrons. The highest BCUT2D eigenvalue weighted by Gasteiger charge is 2.44. The molecule has 1 aromatic heterocycles. The number of amides is 1. The zero-order chi connectivity index (χ0) is 12.3. The highest BCUT2D eigenvalue weighted by Crippen LogP contribution is 2.44. The van der Waals surface area contributed by atoms with E-state index in [2.05, 4.69) is 28.6 Å². The summed E-state index contributed by atoms with van der Waals surface area (Å²) in [5, 5.41) is 6.30. The first-order chi connectivity index (χ1) is 8.16. The molecule has 1 saturated carbocycles. The summed E-state index contributed by atoms with van der Waals surface area (Å²) in [6.07, 6.45) is 4.12. The van der Waals surface area contributed by atoms with Gasteiger partial charge in [-0.15, -0.1) is 0 Å². The third kappa shape index (κ3) is 2.82. The van der Waals surface area contributed by atoms with Crippen LogP contribution in [-0.4, -0.2) is 17.4 Å². The average molecular weight is 233 g/mol. The molecule has 0 aromatic carbocycles. The van der Waals surface area contributed by atoms with E-state index in [0.29, 0.717) is 6.54 Å². The number of hydrogen-bond donors (Lipinski definition) is 2. The average Bonchev–Trinajstić information content (AvgIpc) is 3.08. The van der Waals surface area contributed by atoms with Crippen LogP contribution in [0.5, 0.6) is 0 Å². The maximum Gasteiger partial charge on any atom is 0.217 e. The Labute approximate surface area is 102 Å². The van der Waals surface area contributed by atoms with E-state index in [0.717, 1.165) is 30.6 Å². The SMILES string of the molecule is CCNC1(c2cc(CNC(C)=O)ccn2)CC1. The summed E-state index contributed by atoms with van der Waals surface area (Å²) in [4.78, 5) is 15.3. The molecule has 4 heteroatoms. The third-order valence-corrected chi connectivity index (χ3v) is 3.12. The van der Waals surface area contributed by atoms with Crippen LogP contribution in [0, 0.1) is 0 Å². The molecular formula is C13H19N3O. The summed E-state index contributed by atoms with van der Waals surface area (Å²) in [5.41, 5.74) is 2.30. The fraction of sp³-hybridized carbons (Fsp3) is 0.538. The number of nitrogens with zero attached hydrogens (tertiary/aromatic N) is 1. The first-order valence-electron chi connectivity index (χ1n) is 6.11. The van der Waals surface area contributed by atoms with Crippen LogP contribution in [0.25, 0.3) is 0 Å². The molecule has 2 N–H and O–H groups in total. The highest BCUT2D eigenvalue weighted by molar-refractivity contribution is 5.72. The monoisotopic (exact) mass is 233 g/mol. The van der Waals surface area contributed by atoms with Crippen molar-refractivity contribution in [1.82, 2.24) is 15.6 Å². The van der Waals surface area contributed by atoms with Gasteiger partial charge >= 0.3 is 0 Å². The second kappa shape index (κ2) is 4.84. The van der Waals surface area contributed by atoms with Crippen molar-refractivity contribution in [3.63, 3.8) is 0 Å². The fourth-order valence-electron chi connectivity index (χ4n) is 2.06. The number of nitrogens with one attached hydrogen (secondary N) is 2. The molecule has 92 valence electrons. The molecule has 4 nitrogen and oxygen atoms in total. The molecule has 0 aliphatic heterocycles. The second-order valence-electron chi connectivity index (χ2n) is 4.57. The summed E-state index contributed by atoms with van der Waals surface area (Å²) in [7, 11) is 0. The molecule has 1 aromatic rings. The fourth-order valence-corrected chi connectivity index (χ4v) is 2.06. The van der Waals surface area contributed by atoms with Gasteiger partial charge in [0, 0.05) is 19.7 Å². The number of hydrogen-bond acceptors (Lipinski definition) is 3. The maximum absolute atomic E-state index is 10.9. The van der Waals surface area contributed by atoms with Gasteiger partial charge in [-0.1, -0.05) is 6.92 Å². The second-order valence-corrected chi connectivity index (χ2v) is 4.57. The molecule has 2 rings (SSSR count). The number of aromatic nitrogens is 1. The molecule has 0 saturated heterocycles.